The number of nitrogens with zero attached hydrogens (tertiary/aromatic N) is 2. The number of fused-ring (bicyclic) bond motifs is 2. The van der Waals surface area contributed by atoms with Crippen molar-refractivity contribution in [3.8, 4) is 11.1 Å². The number of piperazine rings is 1. The van der Waals surface area contributed by atoms with Crippen LogP contribution in [0.4, 0.5) is 0 Å². The molecule has 4 heteroatoms. The second-order valence-corrected chi connectivity index (χ2v) is 8.23. The molecule has 3 aliphatic rings. The van der Waals surface area contributed by atoms with E-state index >= 15 is 0 Å². The predicted molar refractivity (Wildman–Crippen MR) is 115 cm³/mol. The fourth-order valence-electron chi connectivity index (χ4n) is 4.70. The highest BCUT2D eigenvalue weighted by atomic mass is 16.2. The summed E-state index contributed by atoms with van der Waals surface area (Å²) >= 11 is 0. The van der Waals surface area contributed by atoms with Gasteiger partial charge in [0.15, 0.2) is 0 Å². The molecule has 1 amide bonds. The Balaban J connectivity index is 1.25. The maximum absolute atomic E-state index is 12.7. The zero-order valence-corrected chi connectivity index (χ0v) is 16.6. The zero-order chi connectivity index (χ0) is 19.8. The number of carbonyl (C=O) groups excluding carboxylic acids is 1. The van der Waals surface area contributed by atoms with Gasteiger partial charge in [-0.2, -0.15) is 0 Å². The van der Waals surface area contributed by atoms with Crippen LogP contribution in [0, 0.1) is 6.92 Å². The van der Waals surface area contributed by atoms with Crippen molar-refractivity contribution in [3.63, 3.8) is 0 Å². The average Bonchev–Trinajstić information content (AvgIpc) is 2.75. The molecule has 3 aliphatic heterocycles. The van der Waals surface area contributed by atoms with Gasteiger partial charge in [-0.05, 0) is 41.3 Å². The summed E-state index contributed by atoms with van der Waals surface area (Å²) in [6, 6.07) is 22.1. The molecule has 2 bridgehead atoms. The van der Waals surface area contributed by atoms with Gasteiger partial charge in [-0.3, -0.25) is 9.78 Å². The molecule has 4 nitrogen and oxygen atoms in total. The van der Waals surface area contributed by atoms with E-state index in [1.54, 1.807) is 12.4 Å². The van der Waals surface area contributed by atoms with Crippen LogP contribution < -0.4 is 5.32 Å². The minimum atomic E-state index is 0.209. The van der Waals surface area contributed by atoms with Gasteiger partial charge in [0.25, 0.3) is 0 Å². The highest BCUT2D eigenvalue weighted by Crippen LogP contribution is 2.37. The number of pyridine rings is 1. The van der Waals surface area contributed by atoms with Crippen LogP contribution in [0.1, 0.15) is 22.6 Å². The van der Waals surface area contributed by atoms with Gasteiger partial charge in [0, 0.05) is 43.5 Å². The van der Waals surface area contributed by atoms with E-state index in [4.69, 9.17) is 0 Å². The molecule has 0 aliphatic carbocycles. The third kappa shape index (κ3) is 3.56. The second-order valence-electron chi connectivity index (χ2n) is 8.23. The molecule has 0 spiro atoms. The van der Waals surface area contributed by atoms with Gasteiger partial charge in [-0.15, -0.1) is 0 Å². The molecule has 6 rings (SSSR count). The van der Waals surface area contributed by atoms with E-state index < -0.39 is 0 Å². The van der Waals surface area contributed by atoms with E-state index in [0.29, 0.717) is 24.4 Å². The van der Waals surface area contributed by atoms with Crippen LogP contribution in [0.3, 0.4) is 0 Å². The van der Waals surface area contributed by atoms with Crippen LogP contribution in [0.15, 0.2) is 73.1 Å². The summed E-state index contributed by atoms with van der Waals surface area (Å²) in [4.78, 5) is 18.7. The number of benzene rings is 2. The molecular formula is C25H25N3O. The fraction of sp³-hybridized carbons (Fsp3) is 0.280. The van der Waals surface area contributed by atoms with Crippen molar-refractivity contribution in [1.29, 1.82) is 0 Å². The predicted octanol–water partition coefficient (Wildman–Crippen LogP) is 3.57. The SMILES string of the molecule is Cc1cccc(-c2ccc(C3[C@@H]4CN(C(=O)Cc5ccncc5)C[C@H]3N4)cc2)c1. The molecule has 0 saturated carbocycles. The number of nitrogens with one attached hydrogen (secondary N) is 1. The first-order chi connectivity index (χ1) is 14.2. The van der Waals surface area contributed by atoms with Crippen molar-refractivity contribution in [2.45, 2.75) is 31.3 Å². The van der Waals surface area contributed by atoms with Crippen molar-refractivity contribution in [2.24, 2.45) is 0 Å². The van der Waals surface area contributed by atoms with Crippen LogP contribution in [0.5, 0.6) is 0 Å². The lowest BCUT2D eigenvalue weighted by Gasteiger charge is -2.55. The van der Waals surface area contributed by atoms with Crippen molar-refractivity contribution in [1.82, 2.24) is 15.2 Å². The smallest absolute Gasteiger partial charge is 0.227 e. The number of hydrogen-bond acceptors (Lipinski definition) is 3. The zero-order valence-electron chi connectivity index (χ0n) is 16.6. The molecule has 4 heterocycles. The van der Waals surface area contributed by atoms with Crippen LogP contribution in [-0.4, -0.2) is 41.0 Å². The molecule has 1 N–H and O–H groups in total. The van der Waals surface area contributed by atoms with Gasteiger partial charge >= 0.3 is 0 Å². The number of amides is 1. The first-order valence-electron chi connectivity index (χ1n) is 10.3. The van der Waals surface area contributed by atoms with Crippen LogP contribution in [0.25, 0.3) is 11.1 Å². The van der Waals surface area contributed by atoms with E-state index in [0.717, 1.165) is 18.7 Å². The summed E-state index contributed by atoms with van der Waals surface area (Å²) < 4.78 is 0. The normalized spacial score (nSPS) is 22.8. The number of rotatable bonds is 4. The maximum Gasteiger partial charge on any atom is 0.227 e. The van der Waals surface area contributed by atoms with E-state index in [-0.39, 0.29) is 5.91 Å². The van der Waals surface area contributed by atoms with Crippen molar-refractivity contribution < 1.29 is 4.79 Å². The van der Waals surface area contributed by atoms with E-state index in [1.807, 2.05) is 17.0 Å². The second kappa shape index (κ2) is 7.45. The minimum Gasteiger partial charge on any atom is -0.339 e. The summed E-state index contributed by atoms with van der Waals surface area (Å²) in [5.41, 5.74) is 6.19. The van der Waals surface area contributed by atoms with Crippen molar-refractivity contribution in [3.05, 3.63) is 89.7 Å². The molecule has 29 heavy (non-hydrogen) atoms. The first kappa shape index (κ1) is 18.1. The third-order valence-corrected chi connectivity index (χ3v) is 6.23. The third-order valence-electron chi connectivity index (χ3n) is 6.23. The van der Waals surface area contributed by atoms with Gasteiger partial charge < -0.3 is 10.2 Å². The maximum atomic E-state index is 12.7. The van der Waals surface area contributed by atoms with E-state index in [2.05, 4.69) is 65.8 Å². The fourth-order valence-corrected chi connectivity index (χ4v) is 4.70. The Hall–Kier alpha value is -2.98. The van der Waals surface area contributed by atoms with Gasteiger partial charge in [-0.1, -0.05) is 54.1 Å². The molecule has 2 aromatic carbocycles. The highest BCUT2D eigenvalue weighted by Gasteiger charge is 2.47. The Morgan fingerprint density at radius 2 is 1.72 bits per heavy atom. The van der Waals surface area contributed by atoms with Crippen molar-refractivity contribution in [2.75, 3.05) is 13.1 Å². The standard InChI is InChI=1S/C25H25N3O/c1-17-3-2-4-21(13-17)19-5-7-20(8-6-19)25-22-15-28(16-23(25)27-22)24(29)14-18-9-11-26-12-10-18/h2-13,22-23,25,27H,14-16H2,1H3/t22-,23+,25?. The van der Waals surface area contributed by atoms with Crippen molar-refractivity contribution >= 4 is 5.91 Å². The number of aryl methyl sites for hydroxylation is 1. The summed E-state index contributed by atoms with van der Waals surface area (Å²) in [7, 11) is 0. The molecule has 1 aromatic heterocycles. The number of piperidine rings is 1. The summed E-state index contributed by atoms with van der Waals surface area (Å²) in [6.45, 7) is 3.69. The molecule has 3 aromatic rings. The lowest BCUT2D eigenvalue weighted by atomic mass is 9.74. The van der Waals surface area contributed by atoms with Gasteiger partial charge in [0.2, 0.25) is 5.91 Å². The topological polar surface area (TPSA) is 45.2 Å². The lowest BCUT2D eigenvalue weighted by Crippen LogP contribution is -2.72. The molecule has 3 atom stereocenters. The van der Waals surface area contributed by atoms with Gasteiger partial charge in [0.1, 0.15) is 0 Å². The molecule has 146 valence electrons. The van der Waals surface area contributed by atoms with Crippen LogP contribution in [0.2, 0.25) is 0 Å². The first-order valence-corrected chi connectivity index (χ1v) is 10.3. The lowest BCUT2D eigenvalue weighted by molar-refractivity contribution is -0.135. The van der Waals surface area contributed by atoms with Crippen LogP contribution >= 0.6 is 0 Å². The number of carbonyl (C=O) groups is 1. The Bertz CT molecular complexity index is 1000. The van der Waals surface area contributed by atoms with E-state index in [1.165, 1.54) is 22.3 Å². The average molecular weight is 383 g/mol. The van der Waals surface area contributed by atoms with Gasteiger partial charge in [-0.25, -0.2) is 0 Å². The quantitative estimate of drug-likeness (QED) is 0.749. The molecule has 3 fully saturated rings. The Labute approximate surface area is 171 Å². The number of aromatic nitrogens is 1. The molecular weight excluding hydrogens is 358 g/mol. The van der Waals surface area contributed by atoms with E-state index in [9.17, 15) is 4.79 Å². The Morgan fingerprint density at radius 3 is 2.41 bits per heavy atom. The summed E-state index contributed by atoms with van der Waals surface area (Å²) in [5, 5.41) is 3.63. The highest BCUT2D eigenvalue weighted by molar-refractivity contribution is 5.79. The Kier molecular flexibility index (Phi) is 4.64. The largest absolute Gasteiger partial charge is 0.339 e. The molecule has 1 unspecified atom stereocenters. The van der Waals surface area contributed by atoms with Gasteiger partial charge in [0.05, 0.1) is 6.42 Å². The summed E-state index contributed by atoms with van der Waals surface area (Å²) in [5.74, 6) is 0.701. The van der Waals surface area contributed by atoms with Crippen LogP contribution in [-0.2, 0) is 11.2 Å². The minimum absolute atomic E-state index is 0.209. The Morgan fingerprint density at radius 1 is 1.00 bits per heavy atom. The summed E-state index contributed by atoms with van der Waals surface area (Å²) in [6.07, 6.45) is 3.94. The molecule has 3 saturated heterocycles. The number of hydrogen-bond donors (Lipinski definition) is 1. The molecule has 0 radical (unpaired) electrons. The monoisotopic (exact) mass is 383 g/mol.